The molecule has 0 radical (unpaired) electrons. The van der Waals surface area contributed by atoms with Crippen LogP contribution in [-0.4, -0.2) is 28.6 Å². The molecule has 1 atom stereocenters. The van der Waals surface area contributed by atoms with Crippen molar-refractivity contribution >= 4 is 17.3 Å². The van der Waals surface area contributed by atoms with Crippen LogP contribution in [-0.2, 0) is 4.79 Å². The smallest absolute Gasteiger partial charge is 0.326 e. The average molecular weight is 268 g/mol. The lowest BCUT2D eigenvalue weighted by Gasteiger charge is -2.34. The number of aliphatic carboxylic acids is 1. The molecule has 1 aromatic carbocycles. The highest BCUT2D eigenvalue weighted by atomic mass is 19.1. The Balaban J connectivity index is 2.38. The number of carbonyl (C=O) groups is 1. The number of nitro benzene ring substituents is 1. The van der Waals surface area contributed by atoms with Gasteiger partial charge in [-0.1, -0.05) is 0 Å². The Hall–Kier alpha value is -2.18. The van der Waals surface area contributed by atoms with E-state index < -0.39 is 22.8 Å². The summed E-state index contributed by atoms with van der Waals surface area (Å²) < 4.78 is 13.4. The summed E-state index contributed by atoms with van der Waals surface area (Å²) in [4.78, 5) is 22.7. The number of carboxylic acids is 1. The van der Waals surface area contributed by atoms with Gasteiger partial charge < -0.3 is 10.0 Å². The Labute approximate surface area is 108 Å². The molecule has 0 spiro atoms. The summed E-state index contributed by atoms with van der Waals surface area (Å²) in [5, 5.41) is 19.9. The molecule has 19 heavy (non-hydrogen) atoms. The molecule has 0 amide bonds. The maximum Gasteiger partial charge on any atom is 0.326 e. The Morgan fingerprint density at radius 2 is 2.16 bits per heavy atom. The molecule has 0 saturated carbocycles. The maximum absolute atomic E-state index is 13.4. The van der Waals surface area contributed by atoms with Crippen molar-refractivity contribution in [1.29, 1.82) is 0 Å². The van der Waals surface area contributed by atoms with Gasteiger partial charge in [0.15, 0.2) is 0 Å². The van der Waals surface area contributed by atoms with Crippen LogP contribution in [0.15, 0.2) is 18.2 Å². The maximum atomic E-state index is 13.4. The predicted molar refractivity (Wildman–Crippen MR) is 65.7 cm³/mol. The minimum Gasteiger partial charge on any atom is -0.480 e. The molecular formula is C12H13FN2O4. The number of piperidine rings is 1. The van der Waals surface area contributed by atoms with Gasteiger partial charge in [-0.05, 0) is 25.3 Å². The van der Waals surface area contributed by atoms with Crippen molar-refractivity contribution in [2.24, 2.45) is 0 Å². The van der Waals surface area contributed by atoms with Crippen molar-refractivity contribution in [1.82, 2.24) is 0 Å². The lowest BCUT2D eigenvalue weighted by molar-refractivity contribution is -0.385. The van der Waals surface area contributed by atoms with Gasteiger partial charge in [0.25, 0.3) is 5.69 Å². The van der Waals surface area contributed by atoms with Crippen LogP contribution in [0, 0.1) is 15.9 Å². The Morgan fingerprint density at radius 1 is 1.42 bits per heavy atom. The fourth-order valence-corrected chi connectivity index (χ4v) is 2.33. The second-order valence-corrected chi connectivity index (χ2v) is 4.47. The SMILES string of the molecule is O=C(O)C1CCCCN1c1cc(F)cc([N+](=O)[O-])c1. The molecule has 1 N–H and O–H groups in total. The molecule has 1 aliphatic heterocycles. The molecular weight excluding hydrogens is 255 g/mol. The number of benzene rings is 1. The number of carboxylic acid groups (broad SMARTS) is 1. The van der Waals surface area contributed by atoms with Crippen molar-refractivity contribution in [3.8, 4) is 0 Å². The van der Waals surface area contributed by atoms with Crippen LogP contribution in [0.4, 0.5) is 15.8 Å². The zero-order valence-corrected chi connectivity index (χ0v) is 10.1. The summed E-state index contributed by atoms with van der Waals surface area (Å²) in [6.07, 6.45) is 2.03. The van der Waals surface area contributed by atoms with Crippen LogP contribution >= 0.6 is 0 Å². The number of hydrogen-bond donors (Lipinski definition) is 1. The first-order chi connectivity index (χ1) is 8.99. The predicted octanol–water partition coefficient (Wildman–Crippen LogP) is 2.18. The monoisotopic (exact) mass is 268 g/mol. The topological polar surface area (TPSA) is 83.7 Å². The molecule has 1 aromatic rings. The number of rotatable bonds is 3. The molecule has 6 nitrogen and oxygen atoms in total. The minimum absolute atomic E-state index is 0.249. The van der Waals surface area contributed by atoms with Gasteiger partial charge in [0, 0.05) is 18.3 Å². The number of nitrogens with zero attached hydrogens (tertiary/aromatic N) is 2. The zero-order chi connectivity index (χ0) is 14.0. The summed E-state index contributed by atoms with van der Waals surface area (Å²) in [6.45, 7) is 0.456. The summed E-state index contributed by atoms with van der Waals surface area (Å²) in [5.74, 6) is -1.73. The third-order valence-electron chi connectivity index (χ3n) is 3.20. The highest BCUT2D eigenvalue weighted by molar-refractivity contribution is 5.78. The van der Waals surface area contributed by atoms with E-state index in [2.05, 4.69) is 0 Å². The number of non-ortho nitro benzene ring substituents is 1. The van der Waals surface area contributed by atoms with Gasteiger partial charge >= 0.3 is 5.97 Å². The van der Waals surface area contributed by atoms with Crippen LogP contribution in [0.5, 0.6) is 0 Å². The number of hydrogen-bond acceptors (Lipinski definition) is 4. The first-order valence-electron chi connectivity index (χ1n) is 5.93. The van der Waals surface area contributed by atoms with E-state index in [1.165, 1.54) is 11.0 Å². The largest absolute Gasteiger partial charge is 0.480 e. The molecule has 0 aliphatic carbocycles. The first kappa shape index (κ1) is 13.3. The van der Waals surface area contributed by atoms with Gasteiger partial charge in [0.2, 0.25) is 0 Å². The van der Waals surface area contributed by atoms with Crippen LogP contribution in [0.3, 0.4) is 0 Å². The number of nitro groups is 1. The molecule has 1 aliphatic rings. The van der Waals surface area contributed by atoms with Gasteiger partial charge in [0.1, 0.15) is 11.9 Å². The standard InChI is InChI=1S/C12H13FN2O4/c13-8-5-9(7-10(6-8)15(18)19)14-4-2-1-3-11(14)12(16)17/h5-7,11H,1-4H2,(H,16,17). The summed E-state index contributed by atoms with van der Waals surface area (Å²) in [7, 11) is 0. The van der Waals surface area contributed by atoms with Crippen molar-refractivity contribution in [2.75, 3.05) is 11.4 Å². The van der Waals surface area contributed by atoms with E-state index >= 15 is 0 Å². The van der Waals surface area contributed by atoms with Gasteiger partial charge in [-0.15, -0.1) is 0 Å². The molecule has 2 rings (SSSR count). The molecule has 1 unspecified atom stereocenters. The van der Waals surface area contributed by atoms with Crippen LogP contribution in [0.1, 0.15) is 19.3 Å². The molecule has 0 bridgehead atoms. The normalized spacial score (nSPS) is 19.2. The molecule has 7 heteroatoms. The van der Waals surface area contributed by atoms with E-state index in [-0.39, 0.29) is 11.4 Å². The van der Waals surface area contributed by atoms with Gasteiger partial charge in [-0.2, -0.15) is 0 Å². The summed E-state index contributed by atoms with van der Waals surface area (Å²) in [6, 6.07) is 2.41. The van der Waals surface area contributed by atoms with E-state index in [1.54, 1.807) is 0 Å². The van der Waals surface area contributed by atoms with Gasteiger partial charge in [-0.25, -0.2) is 9.18 Å². The minimum atomic E-state index is -0.994. The summed E-state index contributed by atoms with van der Waals surface area (Å²) in [5.41, 5.74) is -0.122. The van der Waals surface area contributed by atoms with E-state index in [4.69, 9.17) is 5.11 Å². The van der Waals surface area contributed by atoms with Crippen molar-refractivity contribution < 1.29 is 19.2 Å². The number of halogens is 1. The van der Waals surface area contributed by atoms with E-state index in [0.29, 0.717) is 13.0 Å². The van der Waals surface area contributed by atoms with Crippen LogP contribution < -0.4 is 4.90 Å². The van der Waals surface area contributed by atoms with Gasteiger partial charge in [0.05, 0.1) is 11.0 Å². The Morgan fingerprint density at radius 3 is 2.79 bits per heavy atom. The highest BCUT2D eigenvalue weighted by Crippen LogP contribution is 2.29. The molecule has 1 fully saturated rings. The fourth-order valence-electron chi connectivity index (χ4n) is 2.33. The average Bonchev–Trinajstić information content (AvgIpc) is 2.37. The molecule has 102 valence electrons. The van der Waals surface area contributed by atoms with Gasteiger partial charge in [-0.3, -0.25) is 10.1 Å². The van der Waals surface area contributed by atoms with E-state index in [1.807, 2.05) is 0 Å². The van der Waals surface area contributed by atoms with Crippen LogP contribution in [0.25, 0.3) is 0 Å². The second-order valence-electron chi connectivity index (χ2n) is 4.47. The van der Waals surface area contributed by atoms with Crippen LogP contribution in [0.2, 0.25) is 0 Å². The zero-order valence-electron chi connectivity index (χ0n) is 10.1. The van der Waals surface area contributed by atoms with Crippen molar-refractivity contribution in [2.45, 2.75) is 25.3 Å². The third kappa shape index (κ3) is 2.81. The first-order valence-corrected chi connectivity index (χ1v) is 5.93. The fraction of sp³-hybridized carbons (Fsp3) is 0.417. The highest BCUT2D eigenvalue weighted by Gasteiger charge is 2.29. The van der Waals surface area contributed by atoms with E-state index in [0.717, 1.165) is 25.0 Å². The Kier molecular flexibility index (Phi) is 3.64. The second kappa shape index (κ2) is 5.21. The third-order valence-corrected chi connectivity index (χ3v) is 3.20. The molecule has 0 aromatic heterocycles. The molecule has 1 saturated heterocycles. The lowest BCUT2D eigenvalue weighted by Crippen LogP contribution is -2.44. The van der Waals surface area contributed by atoms with E-state index in [9.17, 15) is 19.3 Å². The Bertz CT molecular complexity index is 520. The van der Waals surface area contributed by atoms with Crippen molar-refractivity contribution in [3.63, 3.8) is 0 Å². The summed E-state index contributed by atoms with van der Waals surface area (Å²) >= 11 is 0. The quantitative estimate of drug-likeness (QED) is 0.671. The molecule has 1 heterocycles. The lowest BCUT2D eigenvalue weighted by atomic mass is 10.0. The van der Waals surface area contributed by atoms with Crippen molar-refractivity contribution in [3.05, 3.63) is 34.1 Å². The number of anilines is 1.